The Balaban J connectivity index is 1.74. The molecule has 1 aromatic carbocycles. The average molecular weight is 366 g/mol. The Morgan fingerprint density at radius 3 is 2.54 bits per heavy atom. The van der Waals surface area contributed by atoms with Crippen molar-refractivity contribution in [1.82, 2.24) is 9.97 Å². The number of amides is 1. The van der Waals surface area contributed by atoms with Crippen molar-refractivity contribution < 1.29 is 4.79 Å². The Morgan fingerprint density at radius 2 is 1.85 bits per heavy atom. The van der Waals surface area contributed by atoms with Crippen molar-refractivity contribution in [3.63, 3.8) is 0 Å². The number of benzene rings is 1. The molecule has 5 nitrogen and oxygen atoms in total. The van der Waals surface area contributed by atoms with E-state index in [1.165, 1.54) is 16.9 Å². The summed E-state index contributed by atoms with van der Waals surface area (Å²) in [6, 6.07) is 9.95. The van der Waals surface area contributed by atoms with Crippen molar-refractivity contribution in [3.8, 4) is 0 Å². The molecule has 2 N–H and O–H groups in total. The number of carbonyl (C=O) groups is 1. The molecule has 0 aliphatic carbocycles. The lowest BCUT2D eigenvalue weighted by Gasteiger charge is -2.11. The first-order chi connectivity index (χ1) is 12.5. The molecule has 0 bridgehead atoms. The number of hydrogen-bond acceptors (Lipinski definition) is 5. The molecule has 0 saturated carbocycles. The summed E-state index contributed by atoms with van der Waals surface area (Å²) in [5.41, 5.74) is 5.52. The summed E-state index contributed by atoms with van der Waals surface area (Å²) in [7, 11) is 0. The van der Waals surface area contributed by atoms with Crippen LogP contribution in [0, 0.1) is 20.8 Å². The van der Waals surface area contributed by atoms with E-state index in [0.29, 0.717) is 10.8 Å². The van der Waals surface area contributed by atoms with Crippen LogP contribution >= 0.6 is 11.3 Å². The number of thiazole rings is 1. The van der Waals surface area contributed by atoms with Gasteiger partial charge in [0.1, 0.15) is 11.5 Å². The van der Waals surface area contributed by atoms with E-state index in [4.69, 9.17) is 0 Å². The fraction of sp³-hybridized carbons (Fsp3) is 0.250. The Bertz CT molecular complexity index is 925. The van der Waals surface area contributed by atoms with E-state index in [-0.39, 0.29) is 5.91 Å². The van der Waals surface area contributed by atoms with Gasteiger partial charge in [-0.15, -0.1) is 11.3 Å². The van der Waals surface area contributed by atoms with E-state index in [0.717, 1.165) is 34.7 Å². The second-order valence-corrected chi connectivity index (χ2v) is 7.12. The van der Waals surface area contributed by atoms with Crippen LogP contribution in [0.3, 0.4) is 0 Å². The standard InChI is InChI=1S/C20H22N4OS/c1-5-15-7-6-8-17(21-15)23-20-22-16(11-26-20)19(25)24-18-13(3)9-12(2)10-14(18)4/h6-11H,5H2,1-4H3,(H,24,25)(H,21,22,23). The highest BCUT2D eigenvalue weighted by Gasteiger charge is 2.14. The number of hydrogen-bond donors (Lipinski definition) is 2. The van der Waals surface area contributed by atoms with Crippen LogP contribution in [0.25, 0.3) is 0 Å². The smallest absolute Gasteiger partial charge is 0.275 e. The van der Waals surface area contributed by atoms with Crippen molar-refractivity contribution >= 4 is 33.9 Å². The highest BCUT2D eigenvalue weighted by atomic mass is 32.1. The molecule has 134 valence electrons. The largest absolute Gasteiger partial charge is 0.320 e. The molecule has 0 radical (unpaired) electrons. The Kier molecular flexibility index (Phi) is 5.32. The Morgan fingerprint density at radius 1 is 1.12 bits per heavy atom. The predicted octanol–water partition coefficient (Wildman–Crippen LogP) is 5.02. The number of aryl methyl sites for hydroxylation is 4. The van der Waals surface area contributed by atoms with Crippen LogP contribution in [0.4, 0.5) is 16.6 Å². The van der Waals surface area contributed by atoms with Gasteiger partial charge in [-0.25, -0.2) is 9.97 Å². The molecule has 0 aliphatic rings. The van der Waals surface area contributed by atoms with E-state index >= 15 is 0 Å². The summed E-state index contributed by atoms with van der Waals surface area (Å²) in [5.74, 6) is 0.524. The average Bonchev–Trinajstić information content (AvgIpc) is 3.06. The topological polar surface area (TPSA) is 66.9 Å². The predicted molar refractivity (Wildman–Crippen MR) is 108 cm³/mol. The second-order valence-electron chi connectivity index (χ2n) is 6.26. The van der Waals surface area contributed by atoms with Gasteiger partial charge in [-0.05, 0) is 50.5 Å². The first-order valence-electron chi connectivity index (χ1n) is 8.54. The summed E-state index contributed by atoms with van der Waals surface area (Å²) < 4.78 is 0. The maximum Gasteiger partial charge on any atom is 0.275 e. The minimum atomic E-state index is -0.209. The number of carbonyl (C=O) groups excluding carboxylic acids is 1. The molecule has 1 amide bonds. The fourth-order valence-electron chi connectivity index (χ4n) is 2.85. The summed E-state index contributed by atoms with van der Waals surface area (Å²) >= 11 is 1.38. The summed E-state index contributed by atoms with van der Waals surface area (Å²) in [5, 5.41) is 8.54. The quantitative estimate of drug-likeness (QED) is 0.665. The molecule has 26 heavy (non-hydrogen) atoms. The number of anilines is 3. The van der Waals surface area contributed by atoms with Crippen molar-refractivity contribution in [2.45, 2.75) is 34.1 Å². The first-order valence-corrected chi connectivity index (χ1v) is 9.42. The van der Waals surface area contributed by atoms with E-state index in [2.05, 4.69) is 39.7 Å². The zero-order valence-electron chi connectivity index (χ0n) is 15.4. The van der Waals surface area contributed by atoms with Gasteiger partial charge in [-0.2, -0.15) is 0 Å². The monoisotopic (exact) mass is 366 g/mol. The van der Waals surface area contributed by atoms with Gasteiger partial charge in [0.25, 0.3) is 5.91 Å². The molecule has 0 fully saturated rings. The van der Waals surface area contributed by atoms with Crippen LogP contribution < -0.4 is 10.6 Å². The van der Waals surface area contributed by atoms with Crippen LogP contribution in [-0.2, 0) is 6.42 Å². The van der Waals surface area contributed by atoms with Gasteiger partial charge in [-0.3, -0.25) is 4.79 Å². The van der Waals surface area contributed by atoms with Gasteiger partial charge in [0.05, 0.1) is 0 Å². The normalized spacial score (nSPS) is 10.6. The van der Waals surface area contributed by atoms with Gasteiger partial charge in [-0.1, -0.05) is 30.7 Å². The maximum atomic E-state index is 12.6. The third-order valence-electron chi connectivity index (χ3n) is 4.06. The molecule has 6 heteroatoms. The molecule has 3 rings (SSSR count). The molecule has 0 saturated heterocycles. The molecular formula is C20H22N4OS. The lowest BCUT2D eigenvalue weighted by atomic mass is 10.1. The summed E-state index contributed by atoms with van der Waals surface area (Å²) in [6.45, 7) is 8.10. The van der Waals surface area contributed by atoms with Crippen LogP contribution in [-0.4, -0.2) is 15.9 Å². The van der Waals surface area contributed by atoms with Crippen molar-refractivity contribution in [2.24, 2.45) is 0 Å². The van der Waals surface area contributed by atoms with Crippen molar-refractivity contribution in [1.29, 1.82) is 0 Å². The maximum absolute atomic E-state index is 12.6. The van der Waals surface area contributed by atoms with E-state index < -0.39 is 0 Å². The SMILES string of the molecule is CCc1cccc(Nc2nc(C(=O)Nc3c(C)cc(C)cc3C)cs2)n1. The van der Waals surface area contributed by atoms with E-state index in [9.17, 15) is 4.79 Å². The van der Waals surface area contributed by atoms with Gasteiger partial charge in [0.2, 0.25) is 0 Å². The molecule has 2 aromatic heterocycles. The Hall–Kier alpha value is -2.73. The zero-order chi connectivity index (χ0) is 18.7. The molecular weight excluding hydrogens is 344 g/mol. The highest BCUT2D eigenvalue weighted by molar-refractivity contribution is 7.14. The second kappa shape index (κ2) is 7.66. The van der Waals surface area contributed by atoms with Gasteiger partial charge in [0, 0.05) is 16.8 Å². The molecule has 0 spiro atoms. The number of nitrogens with zero attached hydrogens (tertiary/aromatic N) is 2. The lowest BCUT2D eigenvalue weighted by molar-refractivity contribution is 0.102. The van der Waals surface area contributed by atoms with Crippen LogP contribution in [0.2, 0.25) is 0 Å². The minimum absolute atomic E-state index is 0.209. The third kappa shape index (κ3) is 4.08. The lowest BCUT2D eigenvalue weighted by Crippen LogP contribution is -2.14. The number of rotatable bonds is 5. The van der Waals surface area contributed by atoms with Crippen LogP contribution in [0.1, 0.15) is 39.8 Å². The highest BCUT2D eigenvalue weighted by Crippen LogP contribution is 2.24. The van der Waals surface area contributed by atoms with Crippen molar-refractivity contribution in [3.05, 3.63) is 63.8 Å². The first kappa shape index (κ1) is 18.1. The summed E-state index contributed by atoms with van der Waals surface area (Å²) in [4.78, 5) is 21.4. The van der Waals surface area contributed by atoms with Gasteiger partial charge < -0.3 is 10.6 Å². The number of nitrogens with one attached hydrogen (secondary N) is 2. The third-order valence-corrected chi connectivity index (χ3v) is 4.81. The summed E-state index contributed by atoms with van der Waals surface area (Å²) in [6.07, 6.45) is 0.871. The van der Waals surface area contributed by atoms with Crippen LogP contribution in [0.5, 0.6) is 0 Å². The van der Waals surface area contributed by atoms with Gasteiger partial charge >= 0.3 is 0 Å². The van der Waals surface area contributed by atoms with Crippen LogP contribution in [0.15, 0.2) is 35.7 Å². The van der Waals surface area contributed by atoms with E-state index in [1.54, 1.807) is 5.38 Å². The molecule has 0 aliphatic heterocycles. The minimum Gasteiger partial charge on any atom is -0.320 e. The van der Waals surface area contributed by atoms with Gasteiger partial charge in [0.15, 0.2) is 5.13 Å². The zero-order valence-corrected chi connectivity index (χ0v) is 16.2. The molecule has 0 unspecified atom stereocenters. The van der Waals surface area contributed by atoms with E-state index in [1.807, 2.05) is 39.0 Å². The molecule has 2 heterocycles. The Labute approximate surface area is 157 Å². The number of aromatic nitrogens is 2. The fourth-order valence-corrected chi connectivity index (χ4v) is 3.54. The number of pyridine rings is 1. The van der Waals surface area contributed by atoms with Crippen molar-refractivity contribution in [2.75, 3.05) is 10.6 Å². The molecule has 0 atom stereocenters. The molecule has 3 aromatic rings.